The van der Waals surface area contributed by atoms with E-state index in [9.17, 15) is 0 Å². The highest BCUT2D eigenvalue weighted by atomic mass is 32.1. The van der Waals surface area contributed by atoms with Crippen molar-refractivity contribution < 1.29 is 4.74 Å². The molecule has 27 heavy (non-hydrogen) atoms. The number of piperidine rings is 1. The molecule has 2 aliphatic rings. The highest BCUT2D eigenvalue weighted by molar-refractivity contribution is 7.80. The maximum Gasteiger partial charge on any atom is 0.170 e. The Labute approximate surface area is 166 Å². The molecule has 5 heteroatoms. The first kappa shape index (κ1) is 18.3. The summed E-state index contributed by atoms with van der Waals surface area (Å²) in [6, 6.07) is 20.4. The van der Waals surface area contributed by atoms with Gasteiger partial charge in [-0.1, -0.05) is 30.3 Å². The van der Waals surface area contributed by atoms with E-state index in [0.717, 1.165) is 30.8 Å². The average molecular weight is 382 g/mol. The molecule has 4 nitrogen and oxygen atoms in total. The van der Waals surface area contributed by atoms with Gasteiger partial charge >= 0.3 is 0 Å². The first-order valence-electron chi connectivity index (χ1n) is 9.72. The molecule has 2 aliphatic heterocycles. The molecular weight excluding hydrogens is 354 g/mol. The number of benzene rings is 2. The first-order valence-corrected chi connectivity index (χ1v) is 10.1. The molecule has 0 amide bonds. The topological polar surface area (TPSA) is 36.5 Å². The minimum atomic E-state index is 0.452. The van der Waals surface area contributed by atoms with E-state index in [1.54, 1.807) is 7.11 Å². The van der Waals surface area contributed by atoms with Crippen LogP contribution in [0.1, 0.15) is 31.2 Å². The highest BCUT2D eigenvalue weighted by Gasteiger charge is 2.40. The summed E-state index contributed by atoms with van der Waals surface area (Å²) in [5.74, 6) is 0.849. The minimum Gasteiger partial charge on any atom is -0.497 e. The molecule has 142 valence electrons. The summed E-state index contributed by atoms with van der Waals surface area (Å²) >= 11 is 5.54. The van der Waals surface area contributed by atoms with Crippen molar-refractivity contribution in [1.29, 1.82) is 0 Å². The second-order valence-corrected chi connectivity index (χ2v) is 7.95. The molecule has 0 saturated carbocycles. The Morgan fingerprint density at radius 2 is 1.70 bits per heavy atom. The van der Waals surface area contributed by atoms with E-state index in [1.807, 2.05) is 24.3 Å². The molecular formula is C22H27N3OS. The number of fused-ring (bicyclic) bond motifs is 2. The third kappa shape index (κ3) is 4.42. The molecule has 0 aliphatic carbocycles. The Bertz CT molecular complexity index is 751. The van der Waals surface area contributed by atoms with Crippen molar-refractivity contribution in [3.05, 3.63) is 60.2 Å². The summed E-state index contributed by atoms with van der Waals surface area (Å²) in [7, 11) is 1.67. The van der Waals surface area contributed by atoms with Crippen LogP contribution in [0.3, 0.4) is 0 Å². The van der Waals surface area contributed by atoms with Gasteiger partial charge in [-0.25, -0.2) is 0 Å². The fourth-order valence-corrected chi connectivity index (χ4v) is 4.76. The smallest absolute Gasteiger partial charge is 0.170 e. The summed E-state index contributed by atoms with van der Waals surface area (Å²) in [4.78, 5) is 2.70. The number of anilines is 1. The molecule has 0 spiro atoms. The molecule has 2 aromatic rings. The lowest BCUT2D eigenvalue weighted by molar-refractivity contribution is 0.115. The van der Waals surface area contributed by atoms with Crippen molar-refractivity contribution in [1.82, 2.24) is 10.2 Å². The molecule has 2 fully saturated rings. The van der Waals surface area contributed by atoms with Gasteiger partial charge in [0.05, 0.1) is 7.11 Å². The molecule has 2 saturated heterocycles. The van der Waals surface area contributed by atoms with Gasteiger partial charge in [0.15, 0.2) is 5.11 Å². The van der Waals surface area contributed by atoms with Gasteiger partial charge in [-0.2, -0.15) is 0 Å². The summed E-state index contributed by atoms with van der Waals surface area (Å²) in [6.07, 6.45) is 4.92. The van der Waals surface area contributed by atoms with Crippen molar-refractivity contribution in [2.24, 2.45) is 0 Å². The zero-order valence-corrected chi connectivity index (χ0v) is 16.5. The third-order valence-electron chi connectivity index (χ3n) is 5.78. The number of ether oxygens (including phenoxy) is 1. The number of hydrogen-bond donors (Lipinski definition) is 2. The van der Waals surface area contributed by atoms with Crippen LogP contribution in [-0.4, -0.2) is 35.2 Å². The zero-order valence-electron chi connectivity index (χ0n) is 15.7. The zero-order chi connectivity index (χ0) is 18.6. The SMILES string of the molecule is COc1ccc(NC(=S)NC2CC3CCC(C2)N3Cc2ccccc2)cc1. The largest absolute Gasteiger partial charge is 0.497 e. The number of methoxy groups -OCH3 is 1. The van der Waals surface area contributed by atoms with Crippen molar-refractivity contribution in [3.8, 4) is 5.75 Å². The minimum absolute atomic E-state index is 0.452. The first-order chi connectivity index (χ1) is 13.2. The molecule has 0 radical (unpaired) electrons. The quantitative estimate of drug-likeness (QED) is 0.760. The van der Waals surface area contributed by atoms with Crippen LogP contribution in [0.2, 0.25) is 0 Å². The van der Waals surface area contributed by atoms with Crippen molar-refractivity contribution >= 4 is 23.0 Å². The Morgan fingerprint density at radius 1 is 1.04 bits per heavy atom. The highest BCUT2D eigenvalue weighted by Crippen LogP contribution is 2.36. The van der Waals surface area contributed by atoms with Gasteiger partial charge in [0.25, 0.3) is 0 Å². The van der Waals surface area contributed by atoms with Crippen LogP contribution in [0, 0.1) is 0 Å². The van der Waals surface area contributed by atoms with Gasteiger partial charge in [-0.3, -0.25) is 4.90 Å². The van der Waals surface area contributed by atoms with Crippen molar-refractivity contribution in [3.63, 3.8) is 0 Å². The van der Waals surface area contributed by atoms with Gasteiger partial charge in [-0.05, 0) is 67.7 Å². The van der Waals surface area contributed by atoms with Crippen LogP contribution in [0.25, 0.3) is 0 Å². The van der Waals surface area contributed by atoms with Crippen LogP contribution in [0.5, 0.6) is 5.75 Å². The lowest BCUT2D eigenvalue weighted by atomic mass is 9.96. The number of nitrogens with one attached hydrogen (secondary N) is 2. The van der Waals surface area contributed by atoms with E-state index in [-0.39, 0.29) is 0 Å². The maximum atomic E-state index is 5.54. The lowest BCUT2D eigenvalue weighted by Gasteiger charge is -2.39. The Morgan fingerprint density at radius 3 is 2.33 bits per heavy atom. The summed E-state index contributed by atoms with van der Waals surface area (Å²) in [5, 5.41) is 7.55. The van der Waals surface area contributed by atoms with E-state index >= 15 is 0 Å². The maximum absolute atomic E-state index is 5.54. The Kier molecular flexibility index (Phi) is 5.60. The monoisotopic (exact) mass is 381 g/mol. The van der Waals surface area contributed by atoms with Gasteiger partial charge in [0.2, 0.25) is 0 Å². The van der Waals surface area contributed by atoms with Crippen LogP contribution >= 0.6 is 12.2 Å². The molecule has 2 atom stereocenters. The molecule has 2 heterocycles. The predicted octanol–water partition coefficient (Wildman–Crippen LogP) is 4.18. The number of rotatable bonds is 5. The van der Waals surface area contributed by atoms with Gasteiger partial charge in [-0.15, -0.1) is 0 Å². The summed E-state index contributed by atoms with van der Waals surface area (Å²) in [6.45, 7) is 1.07. The fourth-order valence-electron chi connectivity index (χ4n) is 4.47. The standard InChI is InChI=1S/C22H27N3OS/c1-26-21-11-7-17(8-12-21)23-22(27)24-18-13-19-9-10-20(14-18)25(19)15-16-5-3-2-4-6-16/h2-8,11-12,18-20H,9-10,13-15H2,1H3,(H2,23,24,27). The molecule has 4 rings (SSSR count). The summed E-state index contributed by atoms with van der Waals surface area (Å²) in [5.41, 5.74) is 2.40. The van der Waals surface area contributed by atoms with Crippen molar-refractivity contribution in [2.45, 2.75) is 50.4 Å². The lowest BCUT2D eigenvalue weighted by Crippen LogP contribution is -2.50. The Hall–Kier alpha value is -2.11. The van der Waals surface area contributed by atoms with Gasteiger partial charge in [0.1, 0.15) is 5.75 Å². The van der Waals surface area contributed by atoms with Crippen LogP contribution in [-0.2, 0) is 6.54 Å². The number of nitrogens with zero attached hydrogens (tertiary/aromatic N) is 1. The molecule has 2 unspecified atom stereocenters. The second-order valence-electron chi connectivity index (χ2n) is 7.54. The van der Waals surface area contributed by atoms with Crippen molar-refractivity contribution in [2.75, 3.05) is 12.4 Å². The molecule has 0 aromatic heterocycles. The van der Waals surface area contributed by atoms with E-state index in [4.69, 9.17) is 17.0 Å². The third-order valence-corrected chi connectivity index (χ3v) is 6.00. The van der Waals surface area contributed by atoms with Crippen LogP contribution in [0.15, 0.2) is 54.6 Å². The van der Waals surface area contributed by atoms with Gasteiger partial charge < -0.3 is 15.4 Å². The second kappa shape index (κ2) is 8.28. The number of hydrogen-bond acceptors (Lipinski definition) is 3. The molecule has 2 aromatic carbocycles. The van der Waals surface area contributed by atoms with Crippen LogP contribution in [0.4, 0.5) is 5.69 Å². The van der Waals surface area contributed by atoms with E-state index in [0.29, 0.717) is 23.2 Å². The Balaban J connectivity index is 1.31. The average Bonchev–Trinajstić information content (AvgIpc) is 2.91. The predicted molar refractivity (Wildman–Crippen MR) is 114 cm³/mol. The van der Waals surface area contributed by atoms with Crippen LogP contribution < -0.4 is 15.4 Å². The van der Waals surface area contributed by atoms with E-state index < -0.39 is 0 Å². The fraction of sp³-hybridized carbons (Fsp3) is 0.409. The molecule has 2 bridgehead atoms. The van der Waals surface area contributed by atoms with Gasteiger partial charge in [0, 0.05) is 30.4 Å². The van der Waals surface area contributed by atoms with E-state index in [2.05, 4.69) is 45.9 Å². The normalized spacial score (nSPS) is 24.4. The summed E-state index contributed by atoms with van der Waals surface area (Å²) < 4.78 is 5.20. The molecule has 2 N–H and O–H groups in total. The number of thiocarbonyl (C=S) groups is 1. The van der Waals surface area contributed by atoms with E-state index in [1.165, 1.54) is 18.4 Å².